The van der Waals surface area contributed by atoms with Crippen molar-refractivity contribution in [1.29, 1.82) is 0 Å². The van der Waals surface area contributed by atoms with Gasteiger partial charge in [-0.2, -0.15) is 13.2 Å². The lowest BCUT2D eigenvalue weighted by Crippen LogP contribution is -2.31. The molecule has 0 saturated carbocycles. The molecule has 0 saturated heterocycles. The number of nitrogens with zero attached hydrogens (tertiary/aromatic N) is 1. The number of para-hydroxylation sites is 1. The predicted molar refractivity (Wildman–Crippen MR) is 61.9 cm³/mol. The standard InChI is InChI=1S/C11H11F3N2S/c12-11(13,14)7(6-15)5-10-16-8-3-1-2-4-9(8)17-10/h1-4,7H,5-6,15H2/t7-/m0/s1. The molecule has 0 aliphatic rings. The van der Waals surface area contributed by atoms with Crippen molar-refractivity contribution in [3.8, 4) is 0 Å². The summed E-state index contributed by atoms with van der Waals surface area (Å²) in [5.74, 6) is -1.51. The second-order valence-electron chi connectivity index (χ2n) is 3.75. The van der Waals surface area contributed by atoms with Gasteiger partial charge in [0.15, 0.2) is 0 Å². The van der Waals surface area contributed by atoms with E-state index in [0.29, 0.717) is 5.01 Å². The third-order valence-corrected chi connectivity index (χ3v) is 3.57. The highest BCUT2D eigenvalue weighted by Gasteiger charge is 2.38. The molecule has 1 aromatic heterocycles. The third-order valence-electron chi connectivity index (χ3n) is 2.51. The van der Waals surface area contributed by atoms with Crippen LogP contribution in [0.2, 0.25) is 0 Å². The summed E-state index contributed by atoms with van der Waals surface area (Å²) in [4.78, 5) is 4.18. The first-order valence-corrected chi connectivity index (χ1v) is 5.93. The van der Waals surface area contributed by atoms with E-state index in [2.05, 4.69) is 4.98 Å². The number of thiazole rings is 1. The van der Waals surface area contributed by atoms with Crippen molar-refractivity contribution in [3.63, 3.8) is 0 Å². The molecule has 0 bridgehead atoms. The van der Waals surface area contributed by atoms with Gasteiger partial charge in [-0.25, -0.2) is 4.98 Å². The van der Waals surface area contributed by atoms with E-state index in [0.717, 1.165) is 10.2 Å². The first-order chi connectivity index (χ1) is 8.00. The lowest BCUT2D eigenvalue weighted by Gasteiger charge is -2.16. The van der Waals surface area contributed by atoms with Gasteiger partial charge in [-0.3, -0.25) is 0 Å². The molecule has 92 valence electrons. The molecule has 0 spiro atoms. The number of halogens is 3. The summed E-state index contributed by atoms with van der Waals surface area (Å²) >= 11 is 1.29. The average Bonchev–Trinajstić information content (AvgIpc) is 2.66. The Morgan fingerprint density at radius 2 is 2.00 bits per heavy atom. The van der Waals surface area contributed by atoms with Crippen LogP contribution < -0.4 is 5.73 Å². The molecule has 17 heavy (non-hydrogen) atoms. The lowest BCUT2D eigenvalue weighted by atomic mass is 10.1. The van der Waals surface area contributed by atoms with Gasteiger partial charge in [0.2, 0.25) is 0 Å². The van der Waals surface area contributed by atoms with Gasteiger partial charge < -0.3 is 5.73 Å². The van der Waals surface area contributed by atoms with Crippen LogP contribution in [-0.2, 0) is 6.42 Å². The summed E-state index contributed by atoms with van der Waals surface area (Å²) in [5.41, 5.74) is 5.90. The number of hydrogen-bond acceptors (Lipinski definition) is 3. The van der Waals surface area contributed by atoms with Gasteiger partial charge in [0, 0.05) is 13.0 Å². The molecule has 0 unspecified atom stereocenters. The Kier molecular flexibility index (Phi) is 3.35. The Balaban J connectivity index is 2.23. The van der Waals surface area contributed by atoms with E-state index in [-0.39, 0.29) is 6.42 Å². The van der Waals surface area contributed by atoms with Gasteiger partial charge in [0.1, 0.15) is 0 Å². The molecule has 0 aliphatic carbocycles. The zero-order valence-corrected chi connectivity index (χ0v) is 9.68. The van der Waals surface area contributed by atoms with Crippen LogP contribution in [0.1, 0.15) is 5.01 Å². The van der Waals surface area contributed by atoms with Crippen LogP contribution in [0.25, 0.3) is 10.2 Å². The number of fused-ring (bicyclic) bond motifs is 1. The maximum absolute atomic E-state index is 12.6. The fourth-order valence-corrected chi connectivity index (χ4v) is 2.60. The van der Waals surface area contributed by atoms with Crippen molar-refractivity contribution in [1.82, 2.24) is 4.98 Å². The van der Waals surface area contributed by atoms with Gasteiger partial charge in [0.05, 0.1) is 21.1 Å². The Morgan fingerprint density at radius 3 is 2.59 bits per heavy atom. The van der Waals surface area contributed by atoms with E-state index in [9.17, 15) is 13.2 Å². The fraction of sp³-hybridized carbons (Fsp3) is 0.364. The highest BCUT2D eigenvalue weighted by Crippen LogP contribution is 2.31. The molecule has 0 aliphatic heterocycles. The van der Waals surface area contributed by atoms with E-state index in [4.69, 9.17) is 5.73 Å². The SMILES string of the molecule is NC[C@H](Cc1nc2ccccc2s1)C(F)(F)F. The van der Waals surface area contributed by atoms with Crippen molar-refractivity contribution in [2.75, 3.05) is 6.54 Å². The summed E-state index contributed by atoms with van der Waals surface area (Å²) in [5, 5.41) is 0.485. The number of alkyl halides is 3. The van der Waals surface area contributed by atoms with Gasteiger partial charge in [0.25, 0.3) is 0 Å². The molecule has 1 atom stereocenters. The van der Waals surface area contributed by atoms with Crippen molar-refractivity contribution >= 4 is 21.6 Å². The van der Waals surface area contributed by atoms with E-state index in [1.807, 2.05) is 18.2 Å². The zero-order chi connectivity index (χ0) is 12.5. The first-order valence-electron chi connectivity index (χ1n) is 5.12. The molecule has 0 fully saturated rings. The number of benzene rings is 1. The molecular formula is C11H11F3N2S. The lowest BCUT2D eigenvalue weighted by molar-refractivity contribution is -0.171. The first kappa shape index (κ1) is 12.3. The Hall–Kier alpha value is -1.14. The smallest absolute Gasteiger partial charge is 0.330 e. The van der Waals surface area contributed by atoms with Gasteiger partial charge in [-0.1, -0.05) is 12.1 Å². The van der Waals surface area contributed by atoms with Crippen LogP contribution in [-0.4, -0.2) is 17.7 Å². The summed E-state index contributed by atoms with van der Waals surface area (Å²) in [6, 6.07) is 7.30. The Bertz CT molecular complexity index is 474. The van der Waals surface area contributed by atoms with E-state index < -0.39 is 18.6 Å². The molecule has 6 heteroatoms. The topological polar surface area (TPSA) is 38.9 Å². The van der Waals surface area contributed by atoms with Crippen molar-refractivity contribution in [2.45, 2.75) is 12.6 Å². The quantitative estimate of drug-likeness (QED) is 0.921. The van der Waals surface area contributed by atoms with E-state index >= 15 is 0 Å². The highest BCUT2D eigenvalue weighted by molar-refractivity contribution is 7.18. The zero-order valence-electron chi connectivity index (χ0n) is 8.87. The minimum absolute atomic E-state index is 0.140. The predicted octanol–water partition coefficient (Wildman–Crippen LogP) is 2.98. The Labute approximate surface area is 100 Å². The average molecular weight is 260 g/mol. The van der Waals surface area contributed by atoms with Crippen LogP contribution in [0.3, 0.4) is 0 Å². The monoisotopic (exact) mass is 260 g/mol. The molecule has 0 amide bonds. The fourth-order valence-electron chi connectivity index (χ4n) is 1.55. The molecule has 2 nitrogen and oxygen atoms in total. The van der Waals surface area contributed by atoms with Crippen LogP contribution in [0, 0.1) is 5.92 Å². The number of nitrogens with two attached hydrogens (primary N) is 1. The number of hydrogen-bond donors (Lipinski definition) is 1. The molecule has 2 N–H and O–H groups in total. The third kappa shape index (κ3) is 2.76. The second-order valence-corrected chi connectivity index (χ2v) is 4.87. The second kappa shape index (κ2) is 4.62. The number of rotatable bonds is 3. The van der Waals surface area contributed by atoms with Gasteiger partial charge >= 0.3 is 6.18 Å². The molecular weight excluding hydrogens is 249 g/mol. The molecule has 0 radical (unpaired) electrons. The van der Waals surface area contributed by atoms with Crippen LogP contribution >= 0.6 is 11.3 Å². The highest BCUT2D eigenvalue weighted by atomic mass is 32.1. The molecule has 1 heterocycles. The van der Waals surface area contributed by atoms with Crippen molar-refractivity contribution in [2.24, 2.45) is 11.7 Å². The van der Waals surface area contributed by atoms with Crippen LogP contribution in [0.4, 0.5) is 13.2 Å². The molecule has 2 rings (SSSR count). The summed E-state index contributed by atoms with van der Waals surface area (Å²) in [7, 11) is 0. The minimum Gasteiger partial charge on any atom is -0.330 e. The summed E-state index contributed by atoms with van der Waals surface area (Å²) in [6.45, 7) is -0.403. The number of aromatic nitrogens is 1. The van der Waals surface area contributed by atoms with Crippen molar-refractivity contribution < 1.29 is 13.2 Å². The largest absolute Gasteiger partial charge is 0.393 e. The van der Waals surface area contributed by atoms with Crippen LogP contribution in [0.15, 0.2) is 24.3 Å². The molecule has 2 aromatic rings. The van der Waals surface area contributed by atoms with Crippen molar-refractivity contribution in [3.05, 3.63) is 29.3 Å². The van der Waals surface area contributed by atoms with E-state index in [1.54, 1.807) is 6.07 Å². The summed E-state index contributed by atoms with van der Waals surface area (Å²) in [6.07, 6.45) is -4.40. The normalized spacial score (nSPS) is 14.1. The van der Waals surface area contributed by atoms with Gasteiger partial charge in [-0.05, 0) is 12.1 Å². The maximum atomic E-state index is 12.6. The van der Waals surface area contributed by atoms with Gasteiger partial charge in [-0.15, -0.1) is 11.3 Å². The van der Waals surface area contributed by atoms with E-state index in [1.165, 1.54) is 11.3 Å². The maximum Gasteiger partial charge on any atom is 0.393 e. The summed E-state index contributed by atoms with van der Waals surface area (Å²) < 4.78 is 38.6. The Morgan fingerprint density at radius 1 is 1.29 bits per heavy atom. The van der Waals surface area contributed by atoms with Crippen LogP contribution in [0.5, 0.6) is 0 Å². The molecule has 1 aromatic carbocycles. The minimum atomic E-state index is -4.26.